The smallest absolute Gasteiger partial charge is 0.234 e. The molecule has 2 unspecified atom stereocenters. The van der Waals surface area contributed by atoms with Gasteiger partial charge in [-0.3, -0.25) is 4.79 Å². The lowest BCUT2D eigenvalue weighted by molar-refractivity contribution is -0.120. The molecule has 1 aliphatic heterocycles. The summed E-state index contributed by atoms with van der Waals surface area (Å²) in [7, 11) is 0. The molecule has 1 fully saturated rings. The molecule has 0 saturated carbocycles. The normalized spacial score (nSPS) is 22.6. The molecule has 0 radical (unpaired) electrons. The van der Waals surface area contributed by atoms with Gasteiger partial charge in [0.1, 0.15) is 0 Å². The number of primary amides is 1. The first-order valence-electron chi connectivity index (χ1n) is 7.30. The van der Waals surface area contributed by atoms with Gasteiger partial charge in [0.25, 0.3) is 0 Å². The maximum Gasteiger partial charge on any atom is 0.234 e. The van der Waals surface area contributed by atoms with Crippen LogP contribution in [0.5, 0.6) is 0 Å². The van der Waals surface area contributed by atoms with Crippen molar-refractivity contribution in [2.45, 2.75) is 58.5 Å². The van der Waals surface area contributed by atoms with E-state index in [1.165, 1.54) is 32.4 Å². The van der Waals surface area contributed by atoms with Crippen LogP contribution in [0, 0.1) is 5.92 Å². The standard InChI is InChI=1S/C14H29N3O/c1-4-5-12-6-8-17(10-12)9-7-13(14(15)18)16-11(2)3/h11-13,16H,4-10H2,1-3H3,(H2,15,18). The zero-order valence-corrected chi connectivity index (χ0v) is 12.1. The average Bonchev–Trinajstić information content (AvgIpc) is 2.72. The number of nitrogens with one attached hydrogen (secondary N) is 1. The fourth-order valence-corrected chi connectivity index (χ4v) is 2.78. The molecule has 4 nitrogen and oxygen atoms in total. The Bertz CT molecular complexity index is 255. The van der Waals surface area contributed by atoms with Crippen molar-refractivity contribution in [1.29, 1.82) is 0 Å². The van der Waals surface area contributed by atoms with E-state index in [1.54, 1.807) is 0 Å². The van der Waals surface area contributed by atoms with Crippen LogP contribution in [0.3, 0.4) is 0 Å². The van der Waals surface area contributed by atoms with E-state index in [0.717, 1.165) is 18.9 Å². The largest absolute Gasteiger partial charge is 0.368 e. The Morgan fingerprint density at radius 2 is 2.22 bits per heavy atom. The molecule has 0 spiro atoms. The molecule has 1 rings (SSSR count). The highest BCUT2D eigenvalue weighted by molar-refractivity contribution is 5.79. The lowest BCUT2D eigenvalue weighted by atomic mass is 10.0. The first-order valence-corrected chi connectivity index (χ1v) is 7.30. The molecule has 0 aliphatic carbocycles. The van der Waals surface area contributed by atoms with Gasteiger partial charge in [-0.25, -0.2) is 0 Å². The Morgan fingerprint density at radius 1 is 1.50 bits per heavy atom. The SMILES string of the molecule is CCCC1CCN(CCC(NC(C)C)C(N)=O)C1. The van der Waals surface area contributed by atoms with E-state index in [4.69, 9.17) is 5.73 Å². The molecular formula is C14H29N3O. The Kier molecular flexibility index (Phi) is 6.65. The van der Waals surface area contributed by atoms with Crippen molar-refractivity contribution in [3.63, 3.8) is 0 Å². The van der Waals surface area contributed by atoms with Gasteiger partial charge in [-0.05, 0) is 31.7 Å². The Morgan fingerprint density at radius 3 is 2.78 bits per heavy atom. The molecule has 1 heterocycles. The molecule has 106 valence electrons. The highest BCUT2D eigenvalue weighted by atomic mass is 16.1. The molecule has 0 aromatic heterocycles. The second-order valence-corrected chi connectivity index (χ2v) is 5.81. The third-order valence-corrected chi connectivity index (χ3v) is 3.68. The van der Waals surface area contributed by atoms with Crippen molar-refractivity contribution in [2.24, 2.45) is 11.7 Å². The number of amides is 1. The Labute approximate surface area is 111 Å². The van der Waals surface area contributed by atoms with Gasteiger partial charge in [0.05, 0.1) is 6.04 Å². The number of carbonyl (C=O) groups is 1. The quantitative estimate of drug-likeness (QED) is 0.688. The van der Waals surface area contributed by atoms with Gasteiger partial charge < -0.3 is 16.0 Å². The summed E-state index contributed by atoms with van der Waals surface area (Å²) in [5.41, 5.74) is 5.42. The summed E-state index contributed by atoms with van der Waals surface area (Å²) < 4.78 is 0. The number of carbonyl (C=O) groups excluding carboxylic acids is 1. The van der Waals surface area contributed by atoms with Crippen LogP contribution in [-0.4, -0.2) is 42.5 Å². The van der Waals surface area contributed by atoms with Gasteiger partial charge in [0.15, 0.2) is 0 Å². The van der Waals surface area contributed by atoms with Crippen molar-refractivity contribution in [2.75, 3.05) is 19.6 Å². The number of nitrogens with zero attached hydrogens (tertiary/aromatic N) is 1. The molecule has 0 bridgehead atoms. The minimum Gasteiger partial charge on any atom is -0.368 e. The first-order chi connectivity index (χ1) is 8.52. The average molecular weight is 255 g/mol. The Hall–Kier alpha value is -0.610. The minimum atomic E-state index is -0.229. The highest BCUT2D eigenvalue weighted by Gasteiger charge is 2.23. The summed E-state index contributed by atoms with van der Waals surface area (Å²) in [5, 5.41) is 3.24. The molecule has 2 atom stereocenters. The topological polar surface area (TPSA) is 58.4 Å². The van der Waals surface area contributed by atoms with Crippen molar-refractivity contribution >= 4 is 5.91 Å². The van der Waals surface area contributed by atoms with Gasteiger partial charge >= 0.3 is 0 Å². The number of hydrogen-bond donors (Lipinski definition) is 2. The van der Waals surface area contributed by atoms with Crippen molar-refractivity contribution in [3.8, 4) is 0 Å². The second-order valence-electron chi connectivity index (χ2n) is 5.81. The summed E-state index contributed by atoms with van der Waals surface area (Å²) >= 11 is 0. The van der Waals surface area contributed by atoms with Crippen LogP contribution in [0.4, 0.5) is 0 Å². The fraction of sp³-hybridized carbons (Fsp3) is 0.929. The number of hydrogen-bond acceptors (Lipinski definition) is 3. The van der Waals surface area contributed by atoms with Crippen LogP contribution < -0.4 is 11.1 Å². The number of rotatable bonds is 8. The summed E-state index contributed by atoms with van der Waals surface area (Å²) in [4.78, 5) is 13.8. The molecule has 4 heteroatoms. The lowest BCUT2D eigenvalue weighted by Gasteiger charge is -2.22. The van der Waals surface area contributed by atoms with E-state index in [9.17, 15) is 4.79 Å². The molecule has 1 aliphatic rings. The van der Waals surface area contributed by atoms with E-state index in [-0.39, 0.29) is 11.9 Å². The molecule has 0 aromatic carbocycles. The van der Waals surface area contributed by atoms with Gasteiger partial charge in [0.2, 0.25) is 5.91 Å². The maximum absolute atomic E-state index is 11.3. The summed E-state index contributed by atoms with van der Waals surface area (Å²) in [6.07, 6.45) is 4.75. The van der Waals surface area contributed by atoms with E-state index in [2.05, 4.69) is 17.1 Å². The van der Waals surface area contributed by atoms with Gasteiger partial charge in [-0.15, -0.1) is 0 Å². The third kappa shape index (κ3) is 5.36. The van der Waals surface area contributed by atoms with Crippen LogP contribution >= 0.6 is 0 Å². The van der Waals surface area contributed by atoms with Crippen LogP contribution in [-0.2, 0) is 4.79 Å². The van der Waals surface area contributed by atoms with Gasteiger partial charge in [-0.2, -0.15) is 0 Å². The lowest BCUT2D eigenvalue weighted by Crippen LogP contribution is -2.46. The molecular weight excluding hydrogens is 226 g/mol. The van der Waals surface area contributed by atoms with Crippen molar-refractivity contribution < 1.29 is 4.79 Å². The predicted molar refractivity (Wildman–Crippen MR) is 75.3 cm³/mol. The van der Waals surface area contributed by atoms with Crippen molar-refractivity contribution in [1.82, 2.24) is 10.2 Å². The zero-order chi connectivity index (χ0) is 13.5. The van der Waals surface area contributed by atoms with E-state index in [0.29, 0.717) is 6.04 Å². The molecule has 3 N–H and O–H groups in total. The maximum atomic E-state index is 11.3. The van der Waals surface area contributed by atoms with E-state index >= 15 is 0 Å². The van der Waals surface area contributed by atoms with Crippen LogP contribution in [0.1, 0.15) is 46.5 Å². The molecule has 18 heavy (non-hydrogen) atoms. The van der Waals surface area contributed by atoms with E-state index in [1.807, 2.05) is 13.8 Å². The predicted octanol–water partition coefficient (Wildman–Crippen LogP) is 1.35. The fourth-order valence-electron chi connectivity index (χ4n) is 2.78. The molecule has 1 saturated heterocycles. The third-order valence-electron chi connectivity index (χ3n) is 3.68. The van der Waals surface area contributed by atoms with Crippen LogP contribution in [0.15, 0.2) is 0 Å². The van der Waals surface area contributed by atoms with Gasteiger partial charge in [0, 0.05) is 19.1 Å². The van der Waals surface area contributed by atoms with Crippen LogP contribution in [0.25, 0.3) is 0 Å². The number of likely N-dealkylation sites (tertiary alicyclic amines) is 1. The second kappa shape index (κ2) is 7.74. The highest BCUT2D eigenvalue weighted by Crippen LogP contribution is 2.20. The summed E-state index contributed by atoms with van der Waals surface area (Å²) in [6.45, 7) is 9.69. The van der Waals surface area contributed by atoms with Crippen LogP contribution in [0.2, 0.25) is 0 Å². The zero-order valence-electron chi connectivity index (χ0n) is 12.1. The number of nitrogens with two attached hydrogens (primary N) is 1. The van der Waals surface area contributed by atoms with Gasteiger partial charge in [-0.1, -0.05) is 27.2 Å². The summed E-state index contributed by atoms with van der Waals surface area (Å²) in [6, 6.07) is 0.115. The van der Waals surface area contributed by atoms with E-state index < -0.39 is 0 Å². The van der Waals surface area contributed by atoms with Crippen molar-refractivity contribution in [3.05, 3.63) is 0 Å². The summed E-state index contributed by atoms with van der Waals surface area (Å²) in [5.74, 6) is 0.632. The molecule has 1 amide bonds. The molecule has 0 aromatic rings. The first kappa shape index (κ1) is 15.4. The Balaban J connectivity index is 2.28. The monoisotopic (exact) mass is 255 g/mol. The minimum absolute atomic E-state index is 0.185.